The van der Waals surface area contributed by atoms with Gasteiger partial charge in [0.2, 0.25) is 5.13 Å². The standard InChI is InChI=1S/C13H14BrN3O2S2/c1-13(2,3)19-12(18)17(10-15-16-11(20)21-10)9-6-4-5-8(14)7-9/h4-7H,1-3H3,(H,16,20). The molecule has 0 spiro atoms. The number of H-pyrrole nitrogens is 1. The Labute approximate surface area is 140 Å². The lowest BCUT2D eigenvalue weighted by Gasteiger charge is -2.25. The third-order valence-electron chi connectivity index (χ3n) is 2.26. The molecule has 2 aromatic rings. The summed E-state index contributed by atoms with van der Waals surface area (Å²) >= 11 is 9.64. The number of benzene rings is 1. The Balaban J connectivity index is 2.44. The van der Waals surface area contributed by atoms with Crippen molar-refractivity contribution in [1.29, 1.82) is 0 Å². The van der Waals surface area contributed by atoms with Crippen LogP contribution < -0.4 is 4.90 Å². The molecule has 2 rings (SSSR count). The number of anilines is 2. The third kappa shape index (κ3) is 4.36. The van der Waals surface area contributed by atoms with Crippen molar-refractivity contribution in [2.75, 3.05) is 4.90 Å². The number of aromatic amines is 1. The van der Waals surface area contributed by atoms with Gasteiger partial charge in [0.05, 0.1) is 5.69 Å². The van der Waals surface area contributed by atoms with Crippen molar-refractivity contribution in [2.24, 2.45) is 0 Å². The summed E-state index contributed by atoms with van der Waals surface area (Å²) in [5, 5.41) is 7.18. The lowest BCUT2D eigenvalue weighted by Crippen LogP contribution is -2.33. The number of carbonyl (C=O) groups excluding carboxylic acids is 1. The molecule has 1 amide bonds. The van der Waals surface area contributed by atoms with Gasteiger partial charge in [-0.1, -0.05) is 33.3 Å². The summed E-state index contributed by atoms with van der Waals surface area (Å²) in [5.74, 6) is 0. The van der Waals surface area contributed by atoms with Gasteiger partial charge in [-0.25, -0.2) is 9.69 Å². The van der Waals surface area contributed by atoms with Crippen LogP contribution in [0.3, 0.4) is 0 Å². The average Bonchev–Trinajstić information content (AvgIpc) is 2.73. The zero-order valence-corrected chi connectivity index (χ0v) is 14.9. The predicted molar refractivity (Wildman–Crippen MR) is 89.8 cm³/mol. The van der Waals surface area contributed by atoms with Crippen molar-refractivity contribution in [3.05, 3.63) is 32.7 Å². The number of hydrogen-bond acceptors (Lipinski definition) is 5. The maximum absolute atomic E-state index is 12.5. The van der Waals surface area contributed by atoms with Gasteiger partial charge in [-0.15, -0.1) is 5.10 Å². The van der Waals surface area contributed by atoms with Crippen LogP contribution in [0, 0.1) is 3.95 Å². The lowest BCUT2D eigenvalue weighted by atomic mass is 10.2. The first-order chi connectivity index (χ1) is 9.76. The minimum Gasteiger partial charge on any atom is -0.443 e. The van der Waals surface area contributed by atoms with Crippen molar-refractivity contribution in [3.63, 3.8) is 0 Å². The van der Waals surface area contributed by atoms with Crippen LogP contribution >= 0.6 is 39.5 Å². The van der Waals surface area contributed by atoms with Gasteiger partial charge in [-0.05, 0) is 51.2 Å². The van der Waals surface area contributed by atoms with Crippen molar-refractivity contribution in [1.82, 2.24) is 10.2 Å². The second-order valence-corrected chi connectivity index (χ2v) is 7.75. The van der Waals surface area contributed by atoms with E-state index >= 15 is 0 Å². The molecule has 1 aromatic heterocycles. The van der Waals surface area contributed by atoms with Gasteiger partial charge in [0.15, 0.2) is 3.95 Å². The molecule has 0 aliphatic rings. The van der Waals surface area contributed by atoms with Crippen LogP contribution in [0.5, 0.6) is 0 Å². The summed E-state index contributed by atoms with van der Waals surface area (Å²) in [6.45, 7) is 5.45. The molecule has 0 unspecified atom stereocenters. The highest BCUT2D eigenvalue weighted by Gasteiger charge is 2.27. The minimum atomic E-state index is -0.598. The van der Waals surface area contributed by atoms with E-state index in [9.17, 15) is 4.79 Å². The van der Waals surface area contributed by atoms with Crippen LogP contribution in [-0.4, -0.2) is 21.9 Å². The van der Waals surface area contributed by atoms with E-state index in [4.69, 9.17) is 17.0 Å². The highest BCUT2D eigenvalue weighted by Crippen LogP contribution is 2.30. The van der Waals surface area contributed by atoms with Crippen LogP contribution in [0.4, 0.5) is 15.6 Å². The SMILES string of the molecule is CC(C)(C)OC(=O)N(c1cccc(Br)c1)c1n[nH]c(=S)s1. The van der Waals surface area contributed by atoms with E-state index in [-0.39, 0.29) is 0 Å². The fraction of sp³-hybridized carbons (Fsp3) is 0.308. The number of nitrogens with zero attached hydrogens (tertiary/aromatic N) is 2. The zero-order chi connectivity index (χ0) is 15.6. The highest BCUT2D eigenvalue weighted by atomic mass is 79.9. The molecule has 5 nitrogen and oxygen atoms in total. The van der Waals surface area contributed by atoms with E-state index in [0.29, 0.717) is 14.8 Å². The van der Waals surface area contributed by atoms with Gasteiger partial charge in [-0.2, -0.15) is 0 Å². The summed E-state index contributed by atoms with van der Waals surface area (Å²) in [7, 11) is 0. The molecule has 0 aliphatic heterocycles. The van der Waals surface area contributed by atoms with Gasteiger partial charge in [0.25, 0.3) is 0 Å². The molecular weight excluding hydrogens is 374 g/mol. The largest absolute Gasteiger partial charge is 0.443 e. The quantitative estimate of drug-likeness (QED) is 0.733. The molecule has 0 fully saturated rings. The molecule has 0 aliphatic carbocycles. The summed E-state index contributed by atoms with van der Waals surface area (Å²) < 4.78 is 6.80. The van der Waals surface area contributed by atoms with Gasteiger partial charge >= 0.3 is 6.09 Å². The molecule has 1 aromatic carbocycles. The van der Waals surface area contributed by atoms with Crippen molar-refractivity contribution in [2.45, 2.75) is 26.4 Å². The molecule has 8 heteroatoms. The van der Waals surface area contributed by atoms with Crippen LogP contribution in [0.25, 0.3) is 0 Å². The van der Waals surface area contributed by atoms with Crippen molar-refractivity contribution < 1.29 is 9.53 Å². The second-order valence-electron chi connectivity index (χ2n) is 5.19. The highest BCUT2D eigenvalue weighted by molar-refractivity contribution is 9.10. The monoisotopic (exact) mass is 387 g/mol. The summed E-state index contributed by atoms with van der Waals surface area (Å²) in [6.07, 6.45) is -0.502. The average molecular weight is 388 g/mol. The Morgan fingerprint density at radius 1 is 1.48 bits per heavy atom. The molecule has 1 heterocycles. The normalized spacial score (nSPS) is 11.2. The lowest BCUT2D eigenvalue weighted by molar-refractivity contribution is 0.0599. The minimum absolute atomic E-state index is 0.437. The second kappa shape index (κ2) is 6.25. The topological polar surface area (TPSA) is 58.2 Å². The molecule has 0 atom stereocenters. The maximum Gasteiger partial charge on any atom is 0.421 e. The molecule has 0 saturated carbocycles. The molecular formula is C13H14BrN3O2S2. The van der Waals surface area contributed by atoms with E-state index in [2.05, 4.69) is 26.1 Å². The Bertz CT molecular complexity index is 706. The van der Waals surface area contributed by atoms with E-state index < -0.39 is 11.7 Å². The maximum atomic E-state index is 12.5. The van der Waals surface area contributed by atoms with Gasteiger partial charge in [0.1, 0.15) is 5.60 Å². The number of amides is 1. The Morgan fingerprint density at radius 3 is 2.71 bits per heavy atom. The van der Waals surface area contributed by atoms with Crippen LogP contribution in [0.2, 0.25) is 0 Å². The Morgan fingerprint density at radius 2 is 2.19 bits per heavy atom. The smallest absolute Gasteiger partial charge is 0.421 e. The van der Waals surface area contributed by atoms with Gasteiger partial charge < -0.3 is 4.74 Å². The molecule has 0 radical (unpaired) electrons. The summed E-state index contributed by atoms with van der Waals surface area (Å²) in [5.41, 5.74) is 0.0513. The number of halogens is 1. The van der Waals surface area contributed by atoms with Crippen LogP contribution in [0.1, 0.15) is 20.8 Å². The fourth-order valence-electron chi connectivity index (χ4n) is 1.53. The number of carbonyl (C=O) groups is 1. The first kappa shape index (κ1) is 16.1. The fourth-order valence-corrected chi connectivity index (χ4v) is 2.81. The number of aromatic nitrogens is 2. The predicted octanol–water partition coefficient (Wildman–Crippen LogP) is 5.04. The zero-order valence-electron chi connectivity index (χ0n) is 11.7. The van der Waals surface area contributed by atoms with Crippen LogP contribution in [0.15, 0.2) is 28.7 Å². The van der Waals surface area contributed by atoms with E-state index in [1.807, 2.05) is 39.0 Å². The number of hydrogen-bond donors (Lipinski definition) is 1. The van der Waals surface area contributed by atoms with Gasteiger partial charge in [0, 0.05) is 4.47 Å². The Kier molecular flexibility index (Phi) is 4.80. The number of nitrogens with one attached hydrogen (secondary N) is 1. The van der Waals surface area contributed by atoms with Gasteiger partial charge in [-0.3, -0.25) is 5.10 Å². The van der Waals surface area contributed by atoms with Crippen molar-refractivity contribution >= 4 is 56.4 Å². The number of rotatable bonds is 2. The third-order valence-corrected chi connectivity index (χ3v) is 3.83. The number of ether oxygens (including phenoxy) is 1. The summed E-state index contributed by atoms with van der Waals surface area (Å²) in [4.78, 5) is 13.9. The summed E-state index contributed by atoms with van der Waals surface area (Å²) in [6, 6.07) is 7.33. The Hall–Kier alpha value is -1.25. The molecule has 0 saturated heterocycles. The first-order valence-corrected chi connectivity index (χ1v) is 8.12. The van der Waals surface area contributed by atoms with E-state index in [0.717, 1.165) is 4.47 Å². The molecule has 112 valence electrons. The van der Waals surface area contributed by atoms with E-state index in [1.54, 1.807) is 6.07 Å². The molecule has 0 bridgehead atoms. The molecule has 1 N–H and O–H groups in total. The van der Waals surface area contributed by atoms with Crippen molar-refractivity contribution in [3.8, 4) is 0 Å². The molecule has 21 heavy (non-hydrogen) atoms. The van der Waals surface area contributed by atoms with E-state index in [1.165, 1.54) is 16.2 Å². The first-order valence-electron chi connectivity index (χ1n) is 6.10. The van der Waals surface area contributed by atoms with Crippen LogP contribution in [-0.2, 0) is 4.74 Å².